The Morgan fingerprint density at radius 1 is 1.07 bits per heavy atom. The summed E-state index contributed by atoms with van der Waals surface area (Å²) in [7, 11) is 2.07. The molecular formula is C21H26N4O3. The van der Waals surface area contributed by atoms with E-state index >= 15 is 0 Å². The Bertz CT molecular complexity index is 892. The molecule has 0 saturated carbocycles. The molecule has 2 fully saturated rings. The van der Waals surface area contributed by atoms with Gasteiger partial charge in [0.15, 0.2) is 0 Å². The largest absolute Gasteiger partial charge is 0.368 e. The van der Waals surface area contributed by atoms with E-state index in [0.29, 0.717) is 31.0 Å². The van der Waals surface area contributed by atoms with E-state index in [4.69, 9.17) is 9.72 Å². The molecule has 4 rings (SSSR count). The lowest BCUT2D eigenvalue weighted by molar-refractivity contribution is -0.136. The number of ether oxygens (including phenoxy) is 1. The molecule has 28 heavy (non-hydrogen) atoms. The number of benzene rings is 1. The van der Waals surface area contributed by atoms with Crippen molar-refractivity contribution in [3.63, 3.8) is 0 Å². The van der Waals surface area contributed by atoms with Crippen LogP contribution in [0.1, 0.15) is 29.1 Å². The van der Waals surface area contributed by atoms with E-state index < -0.39 is 0 Å². The van der Waals surface area contributed by atoms with Crippen LogP contribution in [0.15, 0.2) is 30.3 Å². The maximum Gasteiger partial charge on any atom is 0.254 e. The van der Waals surface area contributed by atoms with Crippen LogP contribution in [0.25, 0.3) is 10.9 Å². The maximum absolute atomic E-state index is 13.3. The predicted molar refractivity (Wildman–Crippen MR) is 106 cm³/mol. The van der Waals surface area contributed by atoms with Crippen molar-refractivity contribution in [2.75, 3.05) is 52.9 Å². The SMILES string of the molecule is CC(=O)N1CCO[C@@H](c2cc(C(=O)N3CCN(C)CC3)c3ccccc3n2)C1. The molecule has 2 amide bonds. The van der Waals surface area contributed by atoms with Gasteiger partial charge in [0.1, 0.15) is 6.10 Å². The molecule has 2 aliphatic rings. The van der Waals surface area contributed by atoms with Crippen LogP contribution in [0.5, 0.6) is 0 Å². The van der Waals surface area contributed by atoms with Gasteiger partial charge in [0.25, 0.3) is 5.91 Å². The van der Waals surface area contributed by atoms with Crippen LogP contribution in [0, 0.1) is 0 Å². The maximum atomic E-state index is 13.3. The lowest BCUT2D eigenvalue weighted by Crippen LogP contribution is -2.47. The fraction of sp³-hybridized carbons (Fsp3) is 0.476. The zero-order valence-corrected chi connectivity index (χ0v) is 16.4. The number of carbonyl (C=O) groups excluding carboxylic acids is 2. The first-order valence-electron chi connectivity index (χ1n) is 9.77. The van der Waals surface area contributed by atoms with Crippen LogP contribution < -0.4 is 0 Å². The molecule has 0 radical (unpaired) electrons. The summed E-state index contributed by atoms with van der Waals surface area (Å²) in [5, 5.41) is 0.856. The third kappa shape index (κ3) is 3.72. The second-order valence-corrected chi connectivity index (χ2v) is 7.53. The third-order valence-electron chi connectivity index (χ3n) is 5.60. The minimum absolute atomic E-state index is 0.0304. The third-order valence-corrected chi connectivity index (χ3v) is 5.60. The van der Waals surface area contributed by atoms with Gasteiger partial charge in [-0.3, -0.25) is 9.59 Å². The van der Waals surface area contributed by atoms with Crippen molar-refractivity contribution in [2.45, 2.75) is 13.0 Å². The summed E-state index contributed by atoms with van der Waals surface area (Å²) in [4.78, 5) is 35.7. The highest BCUT2D eigenvalue weighted by molar-refractivity contribution is 6.06. The monoisotopic (exact) mass is 382 g/mol. The van der Waals surface area contributed by atoms with E-state index in [1.807, 2.05) is 35.2 Å². The number of morpholine rings is 1. The van der Waals surface area contributed by atoms with Gasteiger partial charge in [-0.05, 0) is 19.2 Å². The highest BCUT2D eigenvalue weighted by atomic mass is 16.5. The van der Waals surface area contributed by atoms with Crippen molar-refractivity contribution < 1.29 is 14.3 Å². The van der Waals surface area contributed by atoms with Gasteiger partial charge in [0.05, 0.1) is 29.9 Å². The van der Waals surface area contributed by atoms with Gasteiger partial charge in [-0.25, -0.2) is 4.98 Å². The van der Waals surface area contributed by atoms with Gasteiger partial charge >= 0.3 is 0 Å². The van der Waals surface area contributed by atoms with Crippen molar-refractivity contribution in [2.24, 2.45) is 0 Å². The Kier molecular flexibility index (Phi) is 5.28. The highest BCUT2D eigenvalue weighted by Crippen LogP contribution is 2.27. The Morgan fingerprint density at radius 3 is 2.57 bits per heavy atom. The summed E-state index contributed by atoms with van der Waals surface area (Å²) in [5.41, 5.74) is 2.15. The number of fused-ring (bicyclic) bond motifs is 1. The fourth-order valence-electron chi connectivity index (χ4n) is 3.83. The van der Waals surface area contributed by atoms with Crippen molar-refractivity contribution in [3.05, 3.63) is 41.6 Å². The topological polar surface area (TPSA) is 66.0 Å². The number of piperazine rings is 1. The van der Waals surface area contributed by atoms with Crippen LogP contribution in [0.3, 0.4) is 0 Å². The Balaban J connectivity index is 1.69. The van der Waals surface area contributed by atoms with Crippen molar-refractivity contribution in [1.29, 1.82) is 0 Å². The molecule has 7 heteroatoms. The molecule has 148 valence electrons. The van der Waals surface area contributed by atoms with Gasteiger partial charge in [-0.2, -0.15) is 0 Å². The zero-order valence-electron chi connectivity index (χ0n) is 16.4. The Labute approximate surface area is 164 Å². The van der Waals surface area contributed by atoms with E-state index in [2.05, 4.69) is 11.9 Å². The number of hydrogen-bond acceptors (Lipinski definition) is 5. The minimum atomic E-state index is -0.318. The molecule has 1 aromatic heterocycles. The standard InChI is InChI=1S/C21H26N4O3/c1-15(26)25-11-12-28-20(14-25)19-13-17(16-5-3-4-6-18(16)22-19)21(27)24-9-7-23(2)8-10-24/h3-6,13,20H,7-12,14H2,1-2H3/t20-/m1/s1. The summed E-state index contributed by atoms with van der Waals surface area (Å²) >= 11 is 0. The quantitative estimate of drug-likeness (QED) is 0.788. The molecular weight excluding hydrogens is 356 g/mol. The second kappa shape index (κ2) is 7.85. The lowest BCUT2D eigenvalue weighted by Gasteiger charge is -2.33. The van der Waals surface area contributed by atoms with Gasteiger partial charge in [0, 0.05) is 45.0 Å². The van der Waals surface area contributed by atoms with Crippen LogP contribution in [0.4, 0.5) is 0 Å². The Hall–Kier alpha value is -2.51. The van der Waals surface area contributed by atoms with Crippen LogP contribution in [0.2, 0.25) is 0 Å². The minimum Gasteiger partial charge on any atom is -0.368 e. The van der Waals surface area contributed by atoms with E-state index in [9.17, 15) is 9.59 Å². The van der Waals surface area contributed by atoms with Gasteiger partial charge in [-0.15, -0.1) is 0 Å². The lowest BCUT2D eigenvalue weighted by atomic mass is 10.0. The van der Waals surface area contributed by atoms with Crippen LogP contribution in [-0.2, 0) is 9.53 Å². The number of aromatic nitrogens is 1. The molecule has 1 atom stereocenters. The number of para-hydroxylation sites is 1. The van der Waals surface area contributed by atoms with Crippen LogP contribution >= 0.6 is 0 Å². The van der Waals surface area contributed by atoms with Crippen molar-refractivity contribution >= 4 is 22.7 Å². The average Bonchev–Trinajstić information content (AvgIpc) is 2.73. The molecule has 0 unspecified atom stereocenters. The summed E-state index contributed by atoms with van der Waals surface area (Å²) in [6.07, 6.45) is -0.318. The number of hydrogen-bond donors (Lipinski definition) is 0. The predicted octanol–water partition coefficient (Wildman–Crippen LogP) is 1.54. The summed E-state index contributed by atoms with van der Waals surface area (Å²) in [6, 6.07) is 9.58. The average molecular weight is 382 g/mol. The summed E-state index contributed by atoms with van der Waals surface area (Å²) < 4.78 is 5.90. The number of pyridine rings is 1. The molecule has 1 aromatic carbocycles. The molecule has 0 N–H and O–H groups in total. The number of amides is 2. The Morgan fingerprint density at radius 2 is 1.82 bits per heavy atom. The normalized spacial score (nSPS) is 21.1. The molecule has 2 saturated heterocycles. The van der Waals surface area contributed by atoms with E-state index in [1.54, 1.807) is 11.8 Å². The number of likely N-dealkylation sites (N-methyl/N-ethyl adjacent to an activating group) is 1. The van der Waals surface area contributed by atoms with Crippen molar-refractivity contribution in [3.8, 4) is 0 Å². The first-order valence-corrected chi connectivity index (χ1v) is 9.77. The smallest absolute Gasteiger partial charge is 0.254 e. The van der Waals surface area contributed by atoms with Crippen molar-refractivity contribution in [1.82, 2.24) is 19.7 Å². The molecule has 0 aliphatic carbocycles. The van der Waals surface area contributed by atoms with E-state index in [1.165, 1.54) is 0 Å². The number of rotatable bonds is 2. The highest BCUT2D eigenvalue weighted by Gasteiger charge is 2.28. The van der Waals surface area contributed by atoms with E-state index in [-0.39, 0.29) is 17.9 Å². The fourth-order valence-corrected chi connectivity index (χ4v) is 3.83. The molecule has 2 aliphatic heterocycles. The number of carbonyl (C=O) groups is 2. The molecule has 0 bridgehead atoms. The zero-order chi connectivity index (χ0) is 19.7. The molecule has 0 spiro atoms. The first-order chi connectivity index (χ1) is 13.5. The second-order valence-electron chi connectivity index (χ2n) is 7.53. The molecule has 2 aromatic rings. The first kappa shape index (κ1) is 18.8. The number of nitrogens with zero attached hydrogens (tertiary/aromatic N) is 4. The van der Waals surface area contributed by atoms with E-state index in [0.717, 1.165) is 37.1 Å². The van der Waals surface area contributed by atoms with Gasteiger partial charge < -0.3 is 19.4 Å². The van der Waals surface area contributed by atoms with Crippen LogP contribution in [-0.4, -0.2) is 84.4 Å². The van der Waals surface area contributed by atoms with Gasteiger partial charge in [0.2, 0.25) is 5.91 Å². The van der Waals surface area contributed by atoms with Gasteiger partial charge in [-0.1, -0.05) is 18.2 Å². The molecule has 3 heterocycles. The summed E-state index contributed by atoms with van der Waals surface area (Å²) in [5.74, 6) is 0.0648. The summed E-state index contributed by atoms with van der Waals surface area (Å²) in [6.45, 7) is 6.29. The molecule has 7 nitrogen and oxygen atoms in total.